The number of nitrogens with zero attached hydrogens (tertiary/aromatic N) is 1. The first kappa shape index (κ1) is 25.3. The third kappa shape index (κ3) is 6.61. The molecule has 1 saturated heterocycles. The Kier molecular flexibility index (Phi) is 7.60. The van der Waals surface area contributed by atoms with E-state index in [1.165, 1.54) is 6.07 Å². The quantitative estimate of drug-likeness (QED) is 0.364. The Balaban J connectivity index is 1.79. The highest BCUT2D eigenvalue weighted by Crippen LogP contribution is 2.38. The minimum absolute atomic E-state index is 0.0405. The van der Waals surface area contributed by atoms with Gasteiger partial charge in [0.05, 0.1) is 40.7 Å². The van der Waals surface area contributed by atoms with Gasteiger partial charge in [-0.25, -0.2) is 8.78 Å². The van der Waals surface area contributed by atoms with Crippen molar-refractivity contribution < 1.29 is 31.9 Å². The van der Waals surface area contributed by atoms with Crippen LogP contribution in [0, 0.1) is 5.92 Å². The van der Waals surface area contributed by atoms with Crippen molar-refractivity contribution in [2.75, 3.05) is 35.6 Å². The molecule has 1 aliphatic heterocycles. The number of hydrogen-bond acceptors (Lipinski definition) is 5. The Bertz CT molecular complexity index is 829. The van der Waals surface area contributed by atoms with Crippen LogP contribution in [0.5, 0.6) is 0 Å². The zero-order chi connectivity index (χ0) is 24.4. The number of amides is 1. The fourth-order valence-electron chi connectivity index (χ4n) is 4.45. The zero-order valence-corrected chi connectivity index (χ0v) is 18.5. The number of benzene rings is 1. The van der Waals surface area contributed by atoms with E-state index in [0.717, 1.165) is 0 Å². The molecule has 6 nitrogen and oxygen atoms in total. The fourth-order valence-corrected chi connectivity index (χ4v) is 4.45. The zero-order valence-electron chi connectivity index (χ0n) is 18.5. The number of hydrogen-bond donors (Lipinski definition) is 4. The number of rotatable bonds is 6. The molecule has 0 radical (unpaired) electrons. The maximum absolute atomic E-state index is 13.1. The highest BCUT2D eigenvalue weighted by molar-refractivity contribution is 6.02. The van der Waals surface area contributed by atoms with Crippen molar-refractivity contribution >= 4 is 23.0 Å². The molecule has 0 unspecified atom stereocenters. The van der Waals surface area contributed by atoms with Gasteiger partial charge in [-0.2, -0.15) is 13.2 Å². The average molecular weight is 479 g/mol. The number of halogens is 5. The van der Waals surface area contributed by atoms with Crippen LogP contribution < -0.4 is 21.3 Å². The first-order chi connectivity index (χ1) is 15.4. The standard InChI is InChI=1S/C22H31F5N4O2/c1-21(33)6-8-31(9-7-21)18-11-17(29-12-19(23)24)16(28)10-15(18)20(32)30-14-4-2-13(3-5-14)22(25,26)27/h10-11,13-14,19,29,33H,2-9,12,28H2,1H3,(H,30,32)/t13-,14-. The van der Waals surface area contributed by atoms with E-state index < -0.39 is 36.6 Å². The third-order valence-electron chi connectivity index (χ3n) is 6.57. The summed E-state index contributed by atoms with van der Waals surface area (Å²) in [7, 11) is 0. The lowest BCUT2D eigenvalue weighted by Crippen LogP contribution is -2.44. The lowest BCUT2D eigenvalue weighted by Gasteiger charge is -2.38. The second-order valence-corrected chi connectivity index (χ2v) is 9.28. The summed E-state index contributed by atoms with van der Waals surface area (Å²) in [4.78, 5) is 15.0. The van der Waals surface area contributed by atoms with Crippen LogP contribution in [0.15, 0.2) is 12.1 Å². The lowest BCUT2D eigenvalue weighted by atomic mass is 9.85. The number of nitrogen functional groups attached to an aromatic ring is 1. The Morgan fingerprint density at radius 1 is 1.21 bits per heavy atom. The van der Waals surface area contributed by atoms with Gasteiger partial charge in [0.1, 0.15) is 0 Å². The van der Waals surface area contributed by atoms with Gasteiger partial charge in [0.2, 0.25) is 0 Å². The lowest BCUT2D eigenvalue weighted by molar-refractivity contribution is -0.182. The van der Waals surface area contributed by atoms with Crippen molar-refractivity contribution in [2.45, 2.75) is 69.7 Å². The molecule has 1 saturated carbocycles. The van der Waals surface area contributed by atoms with Gasteiger partial charge >= 0.3 is 6.18 Å². The van der Waals surface area contributed by atoms with Crippen LogP contribution in [0.25, 0.3) is 0 Å². The third-order valence-corrected chi connectivity index (χ3v) is 6.57. The molecule has 1 aromatic rings. The maximum Gasteiger partial charge on any atom is 0.391 e. The molecule has 5 N–H and O–H groups in total. The molecule has 11 heteroatoms. The monoisotopic (exact) mass is 478 g/mol. The summed E-state index contributed by atoms with van der Waals surface area (Å²) in [5.41, 5.74) is 6.29. The van der Waals surface area contributed by atoms with E-state index in [1.807, 2.05) is 4.90 Å². The van der Waals surface area contributed by atoms with Crippen LogP contribution in [0.3, 0.4) is 0 Å². The number of piperidine rings is 1. The second-order valence-electron chi connectivity index (χ2n) is 9.28. The molecule has 0 bridgehead atoms. The van der Waals surface area contributed by atoms with Crippen molar-refractivity contribution in [2.24, 2.45) is 5.92 Å². The highest BCUT2D eigenvalue weighted by Gasteiger charge is 2.41. The number of aliphatic hydroxyl groups is 1. The number of nitrogens with one attached hydrogen (secondary N) is 2. The largest absolute Gasteiger partial charge is 0.397 e. The summed E-state index contributed by atoms with van der Waals surface area (Å²) < 4.78 is 64.2. The topological polar surface area (TPSA) is 90.6 Å². The Morgan fingerprint density at radius 3 is 2.36 bits per heavy atom. The van der Waals surface area contributed by atoms with Gasteiger partial charge < -0.3 is 26.4 Å². The van der Waals surface area contributed by atoms with E-state index in [-0.39, 0.29) is 48.7 Å². The van der Waals surface area contributed by atoms with Crippen LogP contribution in [0.1, 0.15) is 55.8 Å². The molecule has 1 aliphatic carbocycles. The summed E-state index contributed by atoms with van der Waals surface area (Å²) in [5.74, 6) is -1.82. The van der Waals surface area contributed by atoms with E-state index in [9.17, 15) is 31.9 Å². The molecule has 3 rings (SSSR count). The van der Waals surface area contributed by atoms with Gasteiger partial charge in [-0.05, 0) is 57.6 Å². The molecule has 1 aromatic carbocycles. The summed E-state index contributed by atoms with van der Waals surface area (Å²) in [5, 5.41) is 15.7. The van der Waals surface area contributed by atoms with E-state index in [4.69, 9.17) is 5.73 Å². The van der Waals surface area contributed by atoms with Gasteiger partial charge in [-0.3, -0.25) is 4.79 Å². The summed E-state index contributed by atoms with van der Waals surface area (Å²) in [6.07, 6.45) is -5.54. The van der Waals surface area contributed by atoms with Gasteiger partial charge in [0.15, 0.2) is 0 Å². The Morgan fingerprint density at radius 2 is 1.82 bits per heavy atom. The molecule has 0 aromatic heterocycles. The number of anilines is 3. The predicted molar refractivity (Wildman–Crippen MR) is 117 cm³/mol. The molecule has 186 valence electrons. The van der Waals surface area contributed by atoms with Crippen LogP contribution in [0.2, 0.25) is 0 Å². The molecular weight excluding hydrogens is 447 g/mol. The van der Waals surface area contributed by atoms with Gasteiger partial charge in [0.25, 0.3) is 12.3 Å². The van der Waals surface area contributed by atoms with E-state index in [0.29, 0.717) is 31.6 Å². The number of alkyl halides is 5. The average Bonchev–Trinajstić information content (AvgIpc) is 2.72. The normalized spacial score (nSPS) is 23.5. The number of nitrogens with two attached hydrogens (primary N) is 1. The van der Waals surface area contributed by atoms with Crippen molar-refractivity contribution in [3.05, 3.63) is 17.7 Å². The van der Waals surface area contributed by atoms with E-state index in [2.05, 4.69) is 10.6 Å². The fraction of sp³-hybridized carbons (Fsp3) is 0.682. The number of carbonyl (C=O) groups is 1. The smallest absolute Gasteiger partial charge is 0.391 e. The summed E-state index contributed by atoms with van der Waals surface area (Å²) in [6.45, 7) is 2.02. The van der Waals surface area contributed by atoms with Gasteiger partial charge in [-0.15, -0.1) is 0 Å². The van der Waals surface area contributed by atoms with Crippen LogP contribution in [-0.4, -0.2) is 54.9 Å². The van der Waals surface area contributed by atoms with Crippen molar-refractivity contribution in [3.63, 3.8) is 0 Å². The molecular formula is C22H31F5N4O2. The van der Waals surface area contributed by atoms with Gasteiger partial charge in [0, 0.05) is 19.1 Å². The highest BCUT2D eigenvalue weighted by atomic mass is 19.4. The van der Waals surface area contributed by atoms with Crippen LogP contribution in [0.4, 0.5) is 39.0 Å². The molecule has 2 fully saturated rings. The summed E-state index contributed by atoms with van der Waals surface area (Å²) >= 11 is 0. The summed E-state index contributed by atoms with van der Waals surface area (Å²) in [6, 6.07) is 2.57. The minimum atomic E-state index is -4.23. The molecule has 1 amide bonds. The van der Waals surface area contributed by atoms with Crippen molar-refractivity contribution in [3.8, 4) is 0 Å². The Labute approximate surface area is 189 Å². The molecule has 33 heavy (non-hydrogen) atoms. The van der Waals surface area contributed by atoms with Crippen LogP contribution >= 0.6 is 0 Å². The number of carbonyl (C=O) groups excluding carboxylic acids is 1. The SMILES string of the molecule is CC1(O)CCN(c2cc(NCC(F)F)c(N)cc2C(=O)N[C@H]2CC[C@H](C(F)(F)F)CC2)CC1. The second kappa shape index (κ2) is 9.90. The van der Waals surface area contributed by atoms with Crippen molar-refractivity contribution in [1.82, 2.24) is 5.32 Å². The van der Waals surface area contributed by atoms with E-state index in [1.54, 1.807) is 13.0 Å². The first-order valence-electron chi connectivity index (χ1n) is 11.2. The van der Waals surface area contributed by atoms with Gasteiger partial charge in [-0.1, -0.05) is 0 Å². The minimum Gasteiger partial charge on any atom is -0.397 e. The predicted octanol–water partition coefficient (Wildman–Crippen LogP) is 4.15. The van der Waals surface area contributed by atoms with Crippen molar-refractivity contribution in [1.29, 1.82) is 0 Å². The maximum atomic E-state index is 13.1. The molecule has 0 atom stereocenters. The first-order valence-corrected chi connectivity index (χ1v) is 11.2. The molecule has 0 spiro atoms. The molecule has 2 aliphatic rings. The Hall–Kier alpha value is -2.30. The molecule has 1 heterocycles. The van der Waals surface area contributed by atoms with Crippen LogP contribution in [-0.2, 0) is 0 Å². The van der Waals surface area contributed by atoms with E-state index >= 15 is 0 Å².